The van der Waals surface area contributed by atoms with Crippen LogP contribution < -0.4 is 20.5 Å². The molecule has 0 unspecified atom stereocenters. The lowest BCUT2D eigenvalue weighted by Gasteiger charge is -2.13. The molecular formula is C27H26N4O4S2. The largest absolute Gasteiger partial charge is 0.497 e. The average Bonchev–Trinajstić information content (AvgIpc) is 3.50. The van der Waals surface area contributed by atoms with E-state index in [0.717, 1.165) is 41.0 Å². The maximum atomic E-state index is 13.8. The van der Waals surface area contributed by atoms with Crippen molar-refractivity contribution in [2.75, 3.05) is 19.5 Å². The van der Waals surface area contributed by atoms with Crippen molar-refractivity contribution in [3.05, 3.63) is 74.9 Å². The molecule has 1 N–H and O–H groups in total. The molecule has 0 atom stereocenters. The van der Waals surface area contributed by atoms with Crippen LogP contribution in [0.1, 0.15) is 29.3 Å². The summed E-state index contributed by atoms with van der Waals surface area (Å²) in [4.78, 5) is 33.1. The zero-order valence-electron chi connectivity index (χ0n) is 20.5. The normalized spacial score (nSPS) is 12.7. The van der Waals surface area contributed by atoms with Crippen LogP contribution in [0.15, 0.2) is 63.6 Å². The number of aryl methyl sites for hydroxylation is 2. The highest BCUT2D eigenvalue weighted by atomic mass is 32.2. The molecule has 2 aromatic heterocycles. The van der Waals surface area contributed by atoms with Crippen LogP contribution in [0.3, 0.4) is 0 Å². The van der Waals surface area contributed by atoms with E-state index in [-0.39, 0.29) is 17.2 Å². The van der Waals surface area contributed by atoms with Gasteiger partial charge in [-0.2, -0.15) is 5.10 Å². The molecule has 190 valence electrons. The van der Waals surface area contributed by atoms with Crippen LogP contribution in [0.2, 0.25) is 0 Å². The maximum absolute atomic E-state index is 13.8. The lowest BCUT2D eigenvalue weighted by atomic mass is 10.2. The molecule has 2 aromatic carbocycles. The summed E-state index contributed by atoms with van der Waals surface area (Å²) < 4.78 is 12.4. The predicted octanol–water partition coefficient (Wildman–Crippen LogP) is 4.59. The van der Waals surface area contributed by atoms with Crippen LogP contribution >= 0.6 is 23.1 Å². The highest BCUT2D eigenvalue weighted by Crippen LogP contribution is 2.36. The van der Waals surface area contributed by atoms with Gasteiger partial charge in [-0.25, -0.2) is 10.4 Å². The van der Waals surface area contributed by atoms with E-state index in [1.165, 1.54) is 16.6 Å². The van der Waals surface area contributed by atoms with Gasteiger partial charge in [-0.05, 0) is 73.7 Å². The molecule has 10 heteroatoms. The topological polar surface area (TPSA) is 94.8 Å². The summed E-state index contributed by atoms with van der Waals surface area (Å²) in [5.74, 6) is 1.19. The second kappa shape index (κ2) is 11.2. The van der Waals surface area contributed by atoms with Crippen molar-refractivity contribution >= 4 is 45.4 Å². The molecule has 1 aliphatic carbocycles. The van der Waals surface area contributed by atoms with E-state index >= 15 is 0 Å². The number of carbonyl (C=O) groups excluding carboxylic acids is 1. The minimum absolute atomic E-state index is 0.0511. The second-order valence-corrected chi connectivity index (χ2v) is 10.4. The van der Waals surface area contributed by atoms with Gasteiger partial charge in [0.2, 0.25) is 0 Å². The first kappa shape index (κ1) is 25.0. The van der Waals surface area contributed by atoms with Gasteiger partial charge in [-0.3, -0.25) is 14.2 Å². The quantitative estimate of drug-likeness (QED) is 0.146. The summed E-state index contributed by atoms with van der Waals surface area (Å²) >= 11 is 2.79. The average molecular weight is 535 g/mol. The Morgan fingerprint density at radius 1 is 1.22 bits per heavy atom. The van der Waals surface area contributed by atoms with Crippen LogP contribution in [-0.4, -0.2) is 41.1 Å². The monoisotopic (exact) mass is 534 g/mol. The molecule has 0 bridgehead atoms. The SMILES string of the molecule is CCOc1ccc(-n2c(SCC(=O)NN=Cc3cccc(OC)c3)nc3sc4c(c3c2=O)CCC4)cc1. The van der Waals surface area contributed by atoms with Gasteiger partial charge in [-0.15, -0.1) is 11.3 Å². The fraction of sp³-hybridized carbons (Fsp3) is 0.259. The Morgan fingerprint density at radius 2 is 2.05 bits per heavy atom. The van der Waals surface area contributed by atoms with Crippen molar-refractivity contribution in [3.8, 4) is 17.2 Å². The smallest absolute Gasteiger partial charge is 0.267 e. The van der Waals surface area contributed by atoms with Gasteiger partial charge in [0.25, 0.3) is 11.5 Å². The highest BCUT2D eigenvalue weighted by molar-refractivity contribution is 7.99. The molecule has 0 radical (unpaired) electrons. The number of rotatable bonds is 9. The van der Waals surface area contributed by atoms with E-state index in [1.54, 1.807) is 29.2 Å². The van der Waals surface area contributed by atoms with Gasteiger partial charge in [0.05, 0.1) is 36.8 Å². The number of carbonyl (C=O) groups is 1. The second-order valence-electron chi connectivity index (χ2n) is 8.36. The maximum Gasteiger partial charge on any atom is 0.267 e. The summed E-state index contributed by atoms with van der Waals surface area (Å²) in [6.07, 6.45) is 4.50. The number of hydrogen-bond acceptors (Lipinski definition) is 8. The van der Waals surface area contributed by atoms with Gasteiger partial charge >= 0.3 is 0 Å². The Bertz CT molecular complexity index is 1530. The number of hydrogen-bond donors (Lipinski definition) is 1. The third-order valence-corrected chi connectivity index (χ3v) is 8.07. The molecule has 0 saturated heterocycles. The Labute approximate surface area is 222 Å². The number of methoxy groups -OCH3 is 1. The number of fused-ring (bicyclic) bond motifs is 3. The predicted molar refractivity (Wildman–Crippen MR) is 148 cm³/mol. The van der Waals surface area contributed by atoms with E-state index < -0.39 is 0 Å². The zero-order chi connectivity index (χ0) is 25.8. The van der Waals surface area contributed by atoms with Crippen molar-refractivity contribution < 1.29 is 14.3 Å². The number of ether oxygens (including phenoxy) is 2. The van der Waals surface area contributed by atoms with E-state index in [4.69, 9.17) is 14.5 Å². The Morgan fingerprint density at radius 3 is 2.84 bits per heavy atom. The first-order valence-corrected chi connectivity index (χ1v) is 13.8. The molecule has 0 fully saturated rings. The molecule has 8 nitrogen and oxygen atoms in total. The van der Waals surface area contributed by atoms with Crippen molar-refractivity contribution in [1.82, 2.24) is 15.0 Å². The molecule has 0 saturated carbocycles. The number of thioether (sulfide) groups is 1. The summed E-state index contributed by atoms with van der Waals surface area (Å²) in [5, 5.41) is 5.21. The van der Waals surface area contributed by atoms with E-state index in [9.17, 15) is 9.59 Å². The van der Waals surface area contributed by atoms with Gasteiger partial charge < -0.3 is 9.47 Å². The lowest BCUT2D eigenvalue weighted by Crippen LogP contribution is -2.24. The summed E-state index contributed by atoms with van der Waals surface area (Å²) in [5.41, 5.74) is 5.04. The summed E-state index contributed by atoms with van der Waals surface area (Å²) in [7, 11) is 1.59. The van der Waals surface area contributed by atoms with Crippen molar-refractivity contribution in [2.24, 2.45) is 5.10 Å². The van der Waals surface area contributed by atoms with Crippen LogP contribution in [0.5, 0.6) is 11.5 Å². The summed E-state index contributed by atoms with van der Waals surface area (Å²) in [6.45, 7) is 2.48. The molecular weight excluding hydrogens is 508 g/mol. The van der Waals surface area contributed by atoms with Crippen molar-refractivity contribution in [2.45, 2.75) is 31.3 Å². The Hall–Kier alpha value is -3.63. The van der Waals surface area contributed by atoms with Crippen molar-refractivity contribution in [3.63, 3.8) is 0 Å². The van der Waals surface area contributed by atoms with Gasteiger partial charge in [0.1, 0.15) is 16.3 Å². The fourth-order valence-electron chi connectivity index (χ4n) is 4.27. The number of thiophene rings is 1. The standard InChI is InChI=1S/C27H26N4O4S2/c1-3-35-19-12-10-18(11-13-19)31-26(33)24-21-8-5-9-22(21)37-25(24)29-27(31)36-16-23(32)30-28-15-17-6-4-7-20(14-17)34-2/h4,6-7,10-15H,3,5,8-9,16H2,1-2H3,(H,30,32). The van der Waals surface area contributed by atoms with Gasteiger partial charge in [0.15, 0.2) is 5.16 Å². The molecule has 1 amide bonds. The van der Waals surface area contributed by atoms with Crippen molar-refractivity contribution in [1.29, 1.82) is 0 Å². The number of benzene rings is 2. The number of amides is 1. The number of nitrogens with one attached hydrogen (secondary N) is 1. The fourth-order valence-corrected chi connectivity index (χ4v) is 6.38. The first-order chi connectivity index (χ1) is 18.1. The number of nitrogens with zero attached hydrogens (tertiary/aromatic N) is 3. The highest BCUT2D eigenvalue weighted by Gasteiger charge is 2.24. The van der Waals surface area contributed by atoms with Gasteiger partial charge in [0, 0.05) is 4.88 Å². The van der Waals surface area contributed by atoms with Crippen LogP contribution in [-0.2, 0) is 17.6 Å². The van der Waals surface area contributed by atoms with Crippen LogP contribution in [0.25, 0.3) is 15.9 Å². The third-order valence-electron chi connectivity index (χ3n) is 5.94. The minimum atomic E-state index is -0.301. The van der Waals surface area contributed by atoms with Gasteiger partial charge in [-0.1, -0.05) is 23.9 Å². The molecule has 0 aliphatic heterocycles. The molecule has 0 spiro atoms. The third kappa shape index (κ3) is 5.40. The molecule has 4 aromatic rings. The Balaban J connectivity index is 1.40. The van der Waals surface area contributed by atoms with Crippen LogP contribution in [0, 0.1) is 0 Å². The zero-order valence-corrected chi connectivity index (χ0v) is 22.2. The Kier molecular flexibility index (Phi) is 7.57. The van der Waals surface area contributed by atoms with E-state index in [2.05, 4.69) is 10.5 Å². The first-order valence-electron chi connectivity index (χ1n) is 12.0. The van der Waals surface area contributed by atoms with E-state index in [0.29, 0.717) is 28.6 Å². The minimum Gasteiger partial charge on any atom is -0.497 e. The van der Waals surface area contributed by atoms with Crippen LogP contribution in [0.4, 0.5) is 0 Å². The molecule has 1 aliphatic rings. The lowest BCUT2D eigenvalue weighted by molar-refractivity contribution is -0.118. The molecule has 2 heterocycles. The number of hydrazone groups is 1. The number of aromatic nitrogens is 2. The molecule has 37 heavy (non-hydrogen) atoms. The summed E-state index contributed by atoms with van der Waals surface area (Å²) in [6, 6.07) is 14.7. The molecule has 5 rings (SSSR count). The van der Waals surface area contributed by atoms with E-state index in [1.807, 2.05) is 55.5 Å².